The van der Waals surface area contributed by atoms with E-state index in [2.05, 4.69) is 20.6 Å². The number of thiazole rings is 1. The lowest BCUT2D eigenvalue weighted by molar-refractivity contribution is -0.122. The topological polar surface area (TPSA) is 96.5 Å². The van der Waals surface area contributed by atoms with Gasteiger partial charge in [-0.05, 0) is 66.2 Å². The van der Waals surface area contributed by atoms with Crippen molar-refractivity contribution in [3.63, 3.8) is 0 Å². The molecule has 5 rings (SSSR count). The quantitative estimate of drug-likeness (QED) is 0.379. The fourth-order valence-corrected chi connectivity index (χ4v) is 4.16. The minimum absolute atomic E-state index is 0.120. The van der Waals surface area contributed by atoms with Crippen molar-refractivity contribution in [3.05, 3.63) is 79.3 Å². The average Bonchev–Trinajstić information content (AvgIpc) is 3.29. The van der Waals surface area contributed by atoms with Gasteiger partial charge in [0.05, 0.1) is 16.8 Å². The van der Waals surface area contributed by atoms with Crippen LogP contribution in [0.5, 0.6) is 11.5 Å². The Hall–Kier alpha value is -4.24. The van der Waals surface area contributed by atoms with Gasteiger partial charge in [-0.3, -0.25) is 14.7 Å². The van der Waals surface area contributed by atoms with Gasteiger partial charge in [-0.25, -0.2) is 9.78 Å². The van der Waals surface area contributed by atoms with Crippen LogP contribution in [-0.4, -0.2) is 28.5 Å². The van der Waals surface area contributed by atoms with Gasteiger partial charge >= 0.3 is 6.03 Å². The minimum Gasteiger partial charge on any atom is -0.457 e. The van der Waals surface area contributed by atoms with Crippen molar-refractivity contribution >= 4 is 39.8 Å². The number of hydrogen-bond acceptors (Lipinski definition) is 6. The van der Waals surface area contributed by atoms with E-state index < -0.39 is 0 Å². The number of nitrogens with zero attached hydrogens (tertiary/aromatic N) is 3. The lowest BCUT2D eigenvalue weighted by atomic mass is 10.2. The molecule has 0 bridgehead atoms. The SMILES string of the molecule is O=C(Nc1ccc(Oc2ccc(-c3cnc(N4CCC4=O)s3)cc2)cc1)Nc1cccnc1. The van der Waals surface area contributed by atoms with Crippen molar-refractivity contribution in [1.82, 2.24) is 9.97 Å². The lowest BCUT2D eigenvalue weighted by Crippen LogP contribution is -2.43. The van der Waals surface area contributed by atoms with Crippen LogP contribution >= 0.6 is 11.3 Å². The van der Waals surface area contributed by atoms with Gasteiger partial charge in [-0.1, -0.05) is 11.3 Å². The Morgan fingerprint density at radius 1 is 0.939 bits per heavy atom. The highest BCUT2D eigenvalue weighted by Gasteiger charge is 2.27. The number of β-lactam (4-membered cyclic amide) rings is 1. The molecule has 9 heteroatoms. The van der Waals surface area contributed by atoms with Gasteiger partial charge < -0.3 is 15.4 Å². The van der Waals surface area contributed by atoms with E-state index in [-0.39, 0.29) is 11.9 Å². The summed E-state index contributed by atoms with van der Waals surface area (Å²) in [4.78, 5) is 34.7. The van der Waals surface area contributed by atoms with Gasteiger partial charge in [0.25, 0.3) is 0 Å². The molecule has 0 radical (unpaired) electrons. The first-order valence-corrected chi connectivity index (χ1v) is 11.1. The summed E-state index contributed by atoms with van der Waals surface area (Å²) in [7, 11) is 0. The van der Waals surface area contributed by atoms with Crippen molar-refractivity contribution in [3.8, 4) is 21.9 Å². The summed E-state index contributed by atoms with van der Waals surface area (Å²) < 4.78 is 5.91. The zero-order valence-corrected chi connectivity index (χ0v) is 18.2. The first-order valence-electron chi connectivity index (χ1n) is 10.3. The molecule has 33 heavy (non-hydrogen) atoms. The Labute approximate surface area is 193 Å². The molecule has 0 saturated carbocycles. The monoisotopic (exact) mass is 457 g/mol. The summed E-state index contributed by atoms with van der Waals surface area (Å²) in [5.41, 5.74) is 2.26. The zero-order chi connectivity index (χ0) is 22.6. The fraction of sp³-hybridized carbons (Fsp3) is 0.0833. The van der Waals surface area contributed by atoms with E-state index in [1.165, 1.54) is 11.3 Å². The van der Waals surface area contributed by atoms with Crippen LogP contribution < -0.4 is 20.3 Å². The third-order valence-electron chi connectivity index (χ3n) is 4.98. The van der Waals surface area contributed by atoms with E-state index >= 15 is 0 Å². The Kier molecular flexibility index (Phi) is 5.69. The first kappa shape index (κ1) is 20.7. The van der Waals surface area contributed by atoms with Crippen LogP contribution in [0.25, 0.3) is 10.4 Å². The van der Waals surface area contributed by atoms with Crippen LogP contribution in [0.2, 0.25) is 0 Å². The van der Waals surface area contributed by atoms with Crippen molar-refractivity contribution in [2.24, 2.45) is 0 Å². The average molecular weight is 458 g/mol. The van der Waals surface area contributed by atoms with Crippen molar-refractivity contribution in [1.29, 1.82) is 0 Å². The molecule has 1 fully saturated rings. The molecule has 1 aliphatic heterocycles. The zero-order valence-electron chi connectivity index (χ0n) is 17.4. The molecule has 3 heterocycles. The largest absolute Gasteiger partial charge is 0.457 e. The van der Waals surface area contributed by atoms with Crippen LogP contribution in [0.4, 0.5) is 21.3 Å². The normalized spacial score (nSPS) is 12.7. The number of aromatic nitrogens is 2. The molecule has 2 aromatic heterocycles. The molecule has 164 valence electrons. The van der Waals surface area contributed by atoms with Crippen molar-refractivity contribution in [2.75, 3.05) is 22.1 Å². The van der Waals surface area contributed by atoms with Crippen molar-refractivity contribution in [2.45, 2.75) is 6.42 Å². The molecule has 4 aromatic rings. The third-order valence-corrected chi connectivity index (χ3v) is 6.05. The number of anilines is 3. The van der Waals surface area contributed by atoms with Crippen molar-refractivity contribution < 1.29 is 14.3 Å². The second-order valence-electron chi connectivity index (χ2n) is 7.27. The molecule has 2 aromatic carbocycles. The molecular weight excluding hydrogens is 438 g/mol. The maximum atomic E-state index is 12.1. The summed E-state index contributed by atoms with van der Waals surface area (Å²) in [6.45, 7) is 0.738. The van der Waals surface area contributed by atoms with Gasteiger partial charge in [0, 0.05) is 31.0 Å². The number of carbonyl (C=O) groups excluding carboxylic acids is 2. The maximum absolute atomic E-state index is 12.1. The molecule has 1 saturated heterocycles. The van der Waals surface area contributed by atoms with E-state index in [9.17, 15) is 9.59 Å². The number of amides is 3. The molecule has 0 aliphatic carbocycles. The highest BCUT2D eigenvalue weighted by molar-refractivity contribution is 7.19. The summed E-state index contributed by atoms with van der Waals surface area (Å²) in [5.74, 6) is 1.46. The van der Waals surface area contributed by atoms with Gasteiger partial charge in [-0.15, -0.1) is 0 Å². The highest BCUT2D eigenvalue weighted by atomic mass is 32.1. The number of urea groups is 1. The first-order chi connectivity index (χ1) is 16.1. The number of benzene rings is 2. The summed E-state index contributed by atoms with van der Waals surface area (Å²) in [5, 5.41) is 6.22. The van der Waals surface area contributed by atoms with Gasteiger partial charge in [0.2, 0.25) is 5.91 Å². The van der Waals surface area contributed by atoms with E-state index in [0.29, 0.717) is 29.3 Å². The smallest absolute Gasteiger partial charge is 0.323 e. The van der Waals surface area contributed by atoms with E-state index in [1.807, 2.05) is 24.3 Å². The molecule has 2 N–H and O–H groups in total. The molecule has 3 amide bonds. The van der Waals surface area contributed by atoms with Crippen LogP contribution in [-0.2, 0) is 4.79 Å². The summed E-state index contributed by atoms with van der Waals surface area (Å²) in [6, 6.07) is 18.0. The Morgan fingerprint density at radius 3 is 2.30 bits per heavy atom. The van der Waals surface area contributed by atoms with Crippen LogP contribution in [0.3, 0.4) is 0 Å². The molecule has 8 nitrogen and oxygen atoms in total. The Bertz CT molecular complexity index is 1270. The van der Waals surface area contributed by atoms with Gasteiger partial charge in [0.1, 0.15) is 11.5 Å². The van der Waals surface area contributed by atoms with Crippen LogP contribution in [0.15, 0.2) is 79.3 Å². The predicted molar refractivity (Wildman–Crippen MR) is 128 cm³/mol. The van der Waals surface area contributed by atoms with E-state index in [4.69, 9.17) is 4.74 Å². The number of nitrogens with one attached hydrogen (secondary N) is 2. The Morgan fingerprint density at radius 2 is 1.67 bits per heavy atom. The Balaban J connectivity index is 1.17. The molecule has 0 atom stereocenters. The second-order valence-corrected chi connectivity index (χ2v) is 8.28. The maximum Gasteiger partial charge on any atom is 0.323 e. The van der Waals surface area contributed by atoms with Crippen LogP contribution in [0.1, 0.15) is 6.42 Å². The number of carbonyl (C=O) groups is 2. The number of rotatable bonds is 6. The summed E-state index contributed by atoms with van der Waals surface area (Å²) in [6.07, 6.45) is 5.60. The molecular formula is C24H19N5O3S. The third kappa shape index (κ3) is 4.83. The fourth-order valence-electron chi connectivity index (χ4n) is 3.20. The minimum atomic E-state index is -0.350. The number of ether oxygens (including phenoxy) is 1. The van der Waals surface area contributed by atoms with Crippen LogP contribution in [0, 0.1) is 0 Å². The highest BCUT2D eigenvalue weighted by Crippen LogP contribution is 2.34. The molecule has 0 unspecified atom stereocenters. The number of pyridine rings is 1. The molecule has 1 aliphatic rings. The molecule has 0 spiro atoms. The summed E-state index contributed by atoms with van der Waals surface area (Å²) >= 11 is 1.50. The van der Waals surface area contributed by atoms with E-state index in [0.717, 1.165) is 22.1 Å². The second kappa shape index (κ2) is 9.09. The number of hydrogen-bond donors (Lipinski definition) is 2. The standard InChI is InChI=1S/C24H19N5O3S/c30-22-11-13-29(22)24-26-15-21(33-24)16-3-7-19(8-4-16)32-20-9-5-17(6-10-20)27-23(31)28-18-2-1-12-25-14-18/h1-10,12,14-15H,11,13H2,(H2,27,28,31). The van der Waals surface area contributed by atoms with E-state index in [1.54, 1.807) is 59.9 Å². The lowest BCUT2D eigenvalue weighted by Gasteiger charge is -2.27. The van der Waals surface area contributed by atoms with Gasteiger partial charge in [-0.2, -0.15) is 0 Å². The predicted octanol–water partition coefficient (Wildman–Crippen LogP) is 5.38. The van der Waals surface area contributed by atoms with Gasteiger partial charge in [0.15, 0.2) is 5.13 Å².